The van der Waals surface area contributed by atoms with Gasteiger partial charge < -0.3 is 15.2 Å². The highest BCUT2D eigenvalue weighted by Gasteiger charge is 2.07. The van der Waals surface area contributed by atoms with Crippen molar-refractivity contribution in [3.63, 3.8) is 0 Å². The molecular formula is C16H21NO2. The highest BCUT2D eigenvalue weighted by molar-refractivity contribution is 5.88. The molecule has 3 nitrogen and oxygen atoms in total. The molecule has 2 aromatic carbocycles. The Bertz CT molecular complexity index is 996. The van der Waals surface area contributed by atoms with Crippen LogP contribution in [0.3, 0.4) is 0 Å². The van der Waals surface area contributed by atoms with Crippen molar-refractivity contribution in [1.82, 2.24) is 5.32 Å². The summed E-state index contributed by atoms with van der Waals surface area (Å²) in [5.41, 5.74) is 0. The first kappa shape index (κ1) is 4.76. The first-order valence-electron chi connectivity index (χ1n) is 12.0. The van der Waals surface area contributed by atoms with Gasteiger partial charge in [-0.2, -0.15) is 0 Å². The number of rotatable bonds is 6. The molecular weight excluding hydrogens is 238 g/mol. The van der Waals surface area contributed by atoms with Crippen LogP contribution in [0.2, 0.25) is 0 Å². The highest BCUT2D eigenvalue weighted by Crippen LogP contribution is 2.25. The standard InChI is InChI=1S/C16H21NO2/c1-12(2)17-10-14(18)11-19-16-9-5-7-13-6-3-4-8-15(13)16/h3-9,12,14,17-18H,10-11H2,1-2H3/i1D3,2D3,3D,4D,5D,6D,7D,8D,9D. The van der Waals surface area contributed by atoms with E-state index in [2.05, 4.69) is 5.32 Å². The Morgan fingerprint density at radius 2 is 2.05 bits per heavy atom. The van der Waals surface area contributed by atoms with Gasteiger partial charge in [-0.1, -0.05) is 50.0 Å². The summed E-state index contributed by atoms with van der Waals surface area (Å²) < 4.78 is 105. The molecule has 0 aliphatic rings. The summed E-state index contributed by atoms with van der Waals surface area (Å²) in [5.74, 6) is -0.449. The van der Waals surface area contributed by atoms with Gasteiger partial charge in [-0.3, -0.25) is 0 Å². The third-order valence-corrected chi connectivity index (χ3v) is 2.26. The van der Waals surface area contributed by atoms with Gasteiger partial charge in [0.1, 0.15) is 18.5 Å². The molecule has 0 spiro atoms. The van der Waals surface area contributed by atoms with E-state index in [1.54, 1.807) is 0 Å². The maximum absolute atomic E-state index is 10.1. The molecule has 0 aliphatic heterocycles. The number of aliphatic hydroxyl groups is 1. The molecule has 0 aliphatic carbocycles. The Hall–Kier alpha value is -1.58. The number of ether oxygens (including phenoxy) is 1. The SMILES string of the molecule is [2H]c1c([2H])c([2H])c2c(OCC(O)CNC(C([2H])([2H])[2H])C([2H])([2H])[2H])c([2H])c([2H])c([2H])c2c1[2H]. The van der Waals surface area contributed by atoms with Crippen LogP contribution in [0.5, 0.6) is 5.75 Å². The summed E-state index contributed by atoms with van der Waals surface area (Å²) in [6.07, 6.45) is -1.46. The lowest BCUT2D eigenvalue weighted by atomic mass is 10.1. The van der Waals surface area contributed by atoms with Gasteiger partial charge >= 0.3 is 0 Å². The second kappa shape index (κ2) is 6.55. The number of benzene rings is 2. The minimum Gasteiger partial charge on any atom is -0.490 e. The zero-order chi connectivity index (χ0) is 24.8. The van der Waals surface area contributed by atoms with Crippen molar-refractivity contribution in [1.29, 1.82) is 0 Å². The Balaban J connectivity index is 2.36. The van der Waals surface area contributed by atoms with E-state index in [1.165, 1.54) is 0 Å². The third-order valence-electron chi connectivity index (χ3n) is 2.26. The molecule has 2 N–H and O–H groups in total. The molecule has 1 atom stereocenters. The van der Waals surface area contributed by atoms with Crippen molar-refractivity contribution in [3.8, 4) is 5.75 Å². The van der Waals surface area contributed by atoms with Crippen LogP contribution in [0, 0.1) is 0 Å². The van der Waals surface area contributed by atoms with Gasteiger partial charge in [0, 0.05) is 26.2 Å². The largest absolute Gasteiger partial charge is 0.490 e. The Kier molecular flexibility index (Phi) is 1.64. The molecule has 0 saturated carbocycles. The molecule has 0 aromatic heterocycles. The van der Waals surface area contributed by atoms with E-state index >= 15 is 0 Å². The molecule has 0 heterocycles. The molecule has 0 saturated heterocycles. The number of aliphatic hydroxyl groups excluding tert-OH is 1. The molecule has 0 bridgehead atoms. The van der Waals surface area contributed by atoms with E-state index in [9.17, 15) is 5.11 Å². The second-order valence-electron chi connectivity index (χ2n) is 3.76. The average molecular weight is 272 g/mol. The smallest absolute Gasteiger partial charge is 0.127 e. The number of hydrogen-bond acceptors (Lipinski definition) is 3. The summed E-state index contributed by atoms with van der Waals surface area (Å²) in [5, 5.41) is 11.8. The quantitative estimate of drug-likeness (QED) is 0.849. The van der Waals surface area contributed by atoms with Crippen molar-refractivity contribution in [2.24, 2.45) is 0 Å². The average Bonchev–Trinajstić information content (AvgIpc) is 2.66. The minimum absolute atomic E-state index is 0.301. The fourth-order valence-electron chi connectivity index (χ4n) is 1.39. The zero-order valence-corrected chi connectivity index (χ0v) is 9.92. The lowest BCUT2D eigenvalue weighted by Gasteiger charge is -2.15. The molecule has 0 radical (unpaired) electrons. The molecule has 2 aromatic rings. The molecule has 0 amide bonds. The predicted octanol–water partition coefficient (Wildman–Crippen LogP) is 2.58. The van der Waals surface area contributed by atoms with Crippen molar-refractivity contribution in [3.05, 3.63) is 42.3 Å². The van der Waals surface area contributed by atoms with E-state index in [0.717, 1.165) is 0 Å². The summed E-state index contributed by atoms with van der Waals surface area (Å²) in [6, 6.07) is -6.18. The van der Waals surface area contributed by atoms with Gasteiger partial charge in [0.05, 0.1) is 9.60 Å². The van der Waals surface area contributed by atoms with Crippen LogP contribution in [0.1, 0.15) is 31.5 Å². The van der Waals surface area contributed by atoms with E-state index in [4.69, 9.17) is 22.6 Å². The van der Waals surface area contributed by atoms with Crippen LogP contribution < -0.4 is 10.1 Å². The fourth-order valence-corrected chi connectivity index (χ4v) is 1.39. The van der Waals surface area contributed by atoms with Crippen molar-refractivity contribution >= 4 is 10.8 Å². The molecule has 2 rings (SSSR count). The van der Waals surface area contributed by atoms with Gasteiger partial charge in [0.2, 0.25) is 0 Å². The van der Waals surface area contributed by atoms with E-state index in [1.807, 2.05) is 0 Å². The zero-order valence-electron chi connectivity index (χ0n) is 22.9. The van der Waals surface area contributed by atoms with Gasteiger partial charge in [-0.25, -0.2) is 0 Å². The third kappa shape index (κ3) is 3.94. The molecule has 1 unspecified atom stereocenters. The Morgan fingerprint density at radius 1 is 1.26 bits per heavy atom. The summed E-state index contributed by atoms with van der Waals surface area (Å²) >= 11 is 0. The number of nitrogens with one attached hydrogen (secondary N) is 1. The molecule has 19 heavy (non-hydrogen) atoms. The monoisotopic (exact) mass is 272 g/mol. The summed E-state index contributed by atoms with van der Waals surface area (Å²) in [7, 11) is 0. The molecule has 3 heteroatoms. The second-order valence-corrected chi connectivity index (χ2v) is 3.76. The summed E-state index contributed by atoms with van der Waals surface area (Å²) in [4.78, 5) is 0. The van der Waals surface area contributed by atoms with Gasteiger partial charge in [0.15, 0.2) is 0 Å². The lowest BCUT2D eigenvalue weighted by Crippen LogP contribution is -2.35. The van der Waals surface area contributed by atoms with Crippen molar-refractivity contribution in [2.75, 3.05) is 13.2 Å². The normalized spacial score (nSPS) is 24.0. The maximum Gasteiger partial charge on any atom is 0.127 e. The van der Waals surface area contributed by atoms with Gasteiger partial charge in [-0.05, 0) is 11.4 Å². The van der Waals surface area contributed by atoms with E-state index in [0.29, 0.717) is 0 Å². The van der Waals surface area contributed by atoms with Gasteiger partial charge in [-0.15, -0.1) is 0 Å². The highest BCUT2D eigenvalue weighted by atomic mass is 16.5. The first-order valence-corrected chi connectivity index (χ1v) is 5.54. The van der Waals surface area contributed by atoms with E-state index in [-0.39, 0.29) is 10.8 Å². The van der Waals surface area contributed by atoms with Crippen LogP contribution in [0.15, 0.2) is 42.3 Å². The van der Waals surface area contributed by atoms with Gasteiger partial charge in [0.25, 0.3) is 0 Å². The lowest BCUT2D eigenvalue weighted by molar-refractivity contribution is 0.105. The first-order chi connectivity index (χ1) is 14.5. The Morgan fingerprint density at radius 3 is 2.89 bits per heavy atom. The number of hydrogen-bond donors (Lipinski definition) is 2. The van der Waals surface area contributed by atoms with Crippen molar-refractivity contribution in [2.45, 2.75) is 25.8 Å². The topological polar surface area (TPSA) is 41.5 Å². The molecule has 0 fully saturated rings. The van der Waals surface area contributed by atoms with Crippen LogP contribution in [-0.2, 0) is 0 Å². The molecule has 102 valence electrons. The summed E-state index contributed by atoms with van der Waals surface area (Å²) in [6.45, 7) is -6.86. The predicted molar refractivity (Wildman–Crippen MR) is 78.6 cm³/mol. The minimum atomic E-state index is -2.87. The Labute approximate surface area is 132 Å². The van der Waals surface area contributed by atoms with Crippen LogP contribution >= 0.6 is 0 Å². The fraction of sp³-hybridized carbons (Fsp3) is 0.375. The van der Waals surface area contributed by atoms with Crippen LogP contribution in [-0.4, -0.2) is 30.4 Å². The number of fused-ring (bicyclic) bond motifs is 1. The van der Waals surface area contributed by atoms with Crippen molar-refractivity contribution < 1.29 is 27.7 Å². The van der Waals surface area contributed by atoms with Crippen LogP contribution in [0.4, 0.5) is 0 Å². The van der Waals surface area contributed by atoms with Crippen LogP contribution in [0.25, 0.3) is 10.8 Å². The maximum atomic E-state index is 10.1. The van der Waals surface area contributed by atoms with E-state index < -0.39 is 87.0 Å².